The number of hydrogen-bond donors (Lipinski definition) is 2. The lowest BCUT2D eigenvalue weighted by Crippen LogP contribution is -2.14. The van der Waals surface area contributed by atoms with Gasteiger partial charge >= 0.3 is 0 Å². The molecule has 5 nitrogen and oxygen atoms in total. The van der Waals surface area contributed by atoms with Crippen molar-refractivity contribution in [3.63, 3.8) is 0 Å². The van der Waals surface area contributed by atoms with E-state index in [1.165, 1.54) is 25.3 Å². The van der Waals surface area contributed by atoms with Gasteiger partial charge in [0.1, 0.15) is 11.6 Å². The van der Waals surface area contributed by atoms with E-state index in [9.17, 15) is 15.2 Å². The van der Waals surface area contributed by atoms with Gasteiger partial charge in [0.15, 0.2) is 11.5 Å². The van der Waals surface area contributed by atoms with Gasteiger partial charge in [-0.2, -0.15) is 5.26 Å². The summed E-state index contributed by atoms with van der Waals surface area (Å²) in [5.74, 6) is -0.565. The average molecular weight is 357 g/mol. The summed E-state index contributed by atoms with van der Waals surface area (Å²) in [4.78, 5) is 12.4. The van der Waals surface area contributed by atoms with Crippen LogP contribution in [0.1, 0.15) is 16.7 Å². The lowest BCUT2D eigenvalue weighted by molar-refractivity contribution is -0.112. The Morgan fingerprint density at radius 1 is 1.32 bits per heavy atom. The van der Waals surface area contributed by atoms with Crippen LogP contribution in [0, 0.1) is 25.2 Å². The van der Waals surface area contributed by atoms with E-state index in [2.05, 4.69) is 5.32 Å². The fourth-order valence-electron chi connectivity index (χ4n) is 2.21. The van der Waals surface area contributed by atoms with Crippen LogP contribution in [-0.2, 0) is 4.79 Å². The molecule has 1 amide bonds. The van der Waals surface area contributed by atoms with E-state index in [0.29, 0.717) is 11.3 Å². The molecule has 2 aromatic carbocycles. The molecule has 0 radical (unpaired) electrons. The number of phenolic OH excluding ortho intramolecular Hbond substituents is 1. The highest BCUT2D eigenvalue weighted by atomic mass is 35.5. The Balaban J connectivity index is 2.34. The van der Waals surface area contributed by atoms with Crippen LogP contribution in [0.3, 0.4) is 0 Å². The largest absolute Gasteiger partial charge is 0.503 e. The molecule has 2 rings (SSSR count). The van der Waals surface area contributed by atoms with Crippen LogP contribution in [0.4, 0.5) is 5.69 Å². The maximum Gasteiger partial charge on any atom is 0.266 e. The molecule has 0 fully saturated rings. The number of nitriles is 1. The fourth-order valence-corrected chi connectivity index (χ4v) is 2.43. The summed E-state index contributed by atoms with van der Waals surface area (Å²) in [6, 6.07) is 10.5. The summed E-state index contributed by atoms with van der Waals surface area (Å²) in [6.45, 7) is 3.79. The van der Waals surface area contributed by atoms with Crippen LogP contribution in [0.15, 0.2) is 35.9 Å². The molecule has 0 aromatic heterocycles. The molecular formula is C19H17ClN2O3. The number of aromatic hydroxyl groups is 1. The molecule has 0 saturated carbocycles. The van der Waals surface area contributed by atoms with Crippen molar-refractivity contribution < 1.29 is 14.6 Å². The monoisotopic (exact) mass is 356 g/mol. The van der Waals surface area contributed by atoms with E-state index in [1.807, 2.05) is 38.1 Å². The molecule has 0 spiro atoms. The lowest BCUT2D eigenvalue weighted by Gasteiger charge is -2.09. The fraction of sp³-hybridized carbons (Fsp3) is 0.158. The van der Waals surface area contributed by atoms with Gasteiger partial charge in [0.25, 0.3) is 5.91 Å². The summed E-state index contributed by atoms with van der Waals surface area (Å²) in [5.41, 5.74) is 2.91. The molecule has 0 heterocycles. The van der Waals surface area contributed by atoms with Crippen LogP contribution < -0.4 is 10.1 Å². The van der Waals surface area contributed by atoms with Crippen molar-refractivity contribution in [3.05, 3.63) is 57.6 Å². The highest BCUT2D eigenvalue weighted by Crippen LogP contribution is 2.35. The van der Waals surface area contributed by atoms with Crippen molar-refractivity contribution in [3.8, 4) is 17.6 Å². The minimum absolute atomic E-state index is 0.0674. The number of nitrogens with zero attached hydrogens (tertiary/aromatic N) is 1. The summed E-state index contributed by atoms with van der Waals surface area (Å²) in [7, 11) is 1.39. The zero-order valence-electron chi connectivity index (χ0n) is 14.1. The van der Waals surface area contributed by atoms with Crippen molar-refractivity contribution in [2.45, 2.75) is 13.8 Å². The average Bonchev–Trinajstić information content (AvgIpc) is 2.58. The third kappa shape index (κ3) is 4.31. The third-order valence-electron chi connectivity index (χ3n) is 3.59. The third-order valence-corrected chi connectivity index (χ3v) is 3.88. The zero-order chi connectivity index (χ0) is 18.6. The highest BCUT2D eigenvalue weighted by molar-refractivity contribution is 6.32. The molecule has 128 valence electrons. The first-order valence-electron chi connectivity index (χ1n) is 7.42. The second-order valence-corrected chi connectivity index (χ2v) is 5.90. The van der Waals surface area contributed by atoms with Gasteiger partial charge in [0.05, 0.1) is 12.1 Å². The van der Waals surface area contributed by atoms with E-state index in [0.717, 1.165) is 11.1 Å². The maximum absolute atomic E-state index is 12.4. The van der Waals surface area contributed by atoms with E-state index in [1.54, 1.807) is 0 Å². The predicted molar refractivity (Wildman–Crippen MR) is 97.8 cm³/mol. The Hall–Kier alpha value is -2.97. The van der Waals surface area contributed by atoms with Gasteiger partial charge in [-0.1, -0.05) is 23.7 Å². The molecule has 0 aliphatic carbocycles. The Morgan fingerprint density at radius 2 is 2.04 bits per heavy atom. The second-order valence-electron chi connectivity index (χ2n) is 5.50. The predicted octanol–water partition coefficient (Wildman–Crippen LogP) is 4.22. The number of amides is 1. The number of ether oxygens (including phenoxy) is 1. The van der Waals surface area contributed by atoms with Crippen molar-refractivity contribution >= 4 is 29.3 Å². The Bertz CT molecular complexity index is 898. The van der Waals surface area contributed by atoms with E-state index < -0.39 is 5.91 Å². The van der Waals surface area contributed by atoms with Gasteiger partial charge in [-0.05, 0) is 54.8 Å². The number of anilines is 1. The molecule has 0 unspecified atom stereocenters. The number of phenols is 1. The first-order valence-corrected chi connectivity index (χ1v) is 7.80. The number of methoxy groups -OCH3 is 1. The normalized spacial score (nSPS) is 10.9. The number of rotatable bonds is 4. The molecule has 2 aromatic rings. The number of aryl methyl sites for hydroxylation is 2. The van der Waals surface area contributed by atoms with E-state index in [-0.39, 0.29) is 22.1 Å². The topological polar surface area (TPSA) is 82.3 Å². The van der Waals surface area contributed by atoms with Crippen molar-refractivity contribution in [2.75, 3.05) is 12.4 Å². The molecule has 6 heteroatoms. The Morgan fingerprint density at radius 3 is 2.68 bits per heavy atom. The summed E-state index contributed by atoms with van der Waals surface area (Å²) >= 11 is 5.93. The summed E-state index contributed by atoms with van der Waals surface area (Å²) < 4.78 is 5.02. The van der Waals surface area contributed by atoms with Crippen molar-refractivity contribution in [2.24, 2.45) is 0 Å². The molecule has 0 bridgehead atoms. The summed E-state index contributed by atoms with van der Waals surface area (Å²) in [5, 5.41) is 21.9. The number of benzene rings is 2. The van der Waals surface area contributed by atoms with E-state index >= 15 is 0 Å². The Labute approximate surface area is 151 Å². The van der Waals surface area contributed by atoms with Crippen LogP contribution >= 0.6 is 11.6 Å². The maximum atomic E-state index is 12.4. The number of carbonyl (C=O) groups is 1. The van der Waals surface area contributed by atoms with Crippen LogP contribution in [0.5, 0.6) is 11.5 Å². The smallest absolute Gasteiger partial charge is 0.266 e. The quantitative estimate of drug-likeness (QED) is 0.634. The highest BCUT2D eigenvalue weighted by Gasteiger charge is 2.13. The molecule has 0 aliphatic heterocycles. The minimum Gasteiger partial charge on any atom is -0.503 e. The molecular weight excluding hydrogens is 340 g/mol. The number of hydrogen-bond acceptors (Lipinski definition) is 4. The number of carbonyl (C=O) groups excluding carboxylic acids is 1. The summed E-state index contributed by atoms with van der Waals surface area (Å²) in [6.07, 6.45) is 1.38. The van der Waals surface area contributed by atoms with Gasteiger partial charge in [0.2, 0.25) is 0 Å². The van der Waals surface area contributed by atoms with Crippen molar-refractivity contribution in [1.82, 2.24) is 0 Å². The van der Waals surface area contributed by atoms with Crippen LogP contribution in [-0.4, -0.2) is 18.1 Å². The lowest BCUT2D eigenvalue weighted by atomic mass is 10.1. The van der Waals surface area contributed by atoms with Gasteiger partial charge in [0, 0.05) is 5.69 Å². The molecule has 0 saturated heterocycles. The van der Waals surface area contributed by atoms with Crippen molar-refractivity contribution in [1.29, 1.82) is 5.26 Å². The van der Waals surface area contributed by atoms with Crippen LogP contribution in [0.25, 0.3) is 6.08 Å². The molecule has 0 atom stereocenters. The molecule has 2 N–H and O–H groups in total. The second kappa shape index (κ2) is 7.73. The zero-order valence-corrected chi connectivity index (χ0v) is 14.8. The molecule has 0 aliphatic rings. The Kier molecular flexibility index (Phi) is 5.68. The first kappa shape index (κ1) is 18.4. The number of halogens is 1. The first-order chi connectivity index (χ1) is 11.8. The minimum atomic E-state index is -0.528. The van der Waals surface area contributed by atoms with Gasteiger partial charge in [-0.15, -0.1) is 0 Å². The van der Waals surface area contributed by atoms with Gasteiger partial charge in [-0.3, -0.25) is 4.79 Å². The van der Waals surface area contributed by atoms with Gasteiger partial charge in [-0.25, -0.2) is 0 Å². The number of nitrogens with one attached hydrogen (secondary N) is 1. The molecule has 25 heavy (non-hydrogen) atoms. The van der Waals surface area contributed by atoms with Crippen LogP contribution in [0.2, 0.25) is 5.02 Å². The SMILES string of the molecule is COc1cc(/C=C(\C#N)C(=O)Nc2cc(C)ccc2C)cc(Cl)c1O. The van der Waals surface area contributed by atoms with E-state index in [4.69, 9.17) is 16.3 Å². The standard InChI is InChI=1S/C19H17ClN2O3/c1-11-4-5-12(2)16(6-11)22-19(24)14(10-21)7-13-8-15(20)18(23)17(9-13)25-3/h4-9,23H,1-3H3,(H,22,24)/b14-7+. The van der Waals surface area contributed by atoms with Gasteiger partial charge < -0.3 is 15.2 Å².